The number of rotatable bonds is 17. The predicted octanol–water partition coefficient (Wildman–Crippen LogP) is 6.91. The minimum Gasteiger partial charge on any atom is -0.495 e. The average Bonchev–Trinajstić information content (AvgIpc) is 3.86. The van der Waals surface area contributed by atoms with Crippen LogP contribution in [0, 0.1) is 11.8 Å². The van der Waals surface area contributed by atoms with Crippen molar-refractivity contribution in [3.8, 4) is 45.4 Å². The molecular formula is C53H67N5O14. The molecule has 0 unspecified atom stereocenters. The molecule has 19 heteroatoms. The van der Waals surface area contributed by atoms with Gasteiger partial charge in [-0.1, -0.05) is 55.8 Å². The number of Topliss-reactive ketones (excluding diaryl/α,β-unsaturated/α-hetero) is 1. The number of nitrogens with zero attached hydrogens (tertiary/aromatic N) is 1. The van der Waals surface area contributed by atoms with Crippen molar-refractivity contribution in [2.75, 3.05) is 54.5 Å². The van der Waals surface area contributed by atoms with Crippen molar-refractivity contribution in [3.05, 3.63) is 95.0 Å². The molecule has 0 spiro atoms. The summed E-state index contributed by atoms with van der Waals surface area (Å²) in [6.07, 6.45) is 6.77. The number of aliphatic hydroxyl groups is 1. The molecule has 1 aliphatic carbocycles. The second kappa shape index (κ2) is 26.3. The number of aromatic nitrogens is 1. The zero-order valence-electron chi connectivity index (χ0n) is 42.5. The lowest BCUT2D eigenvalue weighted by molar-refractivity contribution is -0.120. The van der Waals surface area contributed by atoms with Gasteiger partial charge in [0.2, 0.25) is 23.2 Å². The molecule has 2 bridgehead atoms. The van der Waals surface area contributed by atoms with Gasteiger partial charge >= 0.3 is 6.09 Å². The number of carbonyl (C=O) groups excluding carboxylic acids is 5. The van der Waals surface area contributed by atoms with Gasteiger partial charge in [-0.2, -0.15) is 0 Å². The van der Waals surface area contributed by atoms with E-state index < -0.39 is 53.9 Å². The molecule has 0 radical (unpaired) electrons. The monoisotopic (exact) mass is 997 g/mol. The molecule has 1 aromatic heterocycles. The molecule has 0 fully saturated rings. The number of hydrogen-bond acceptors (Lipinski definition) is 16. The summed E-state index contributed by atoms with van der Waals surface area (Å²) >= 11 is 0. The van der Waals surface area contributed by atoms with E-state index in [0.29, 0.717) is 88.9 Å². The Hall–Kier alpha value is -7.22. The van der Waals surface area contributed by atoms with Crippen molar-refractivity contribution in [1.29, 1.82) is 0 Å². The number of nitrogens with one attached hydrogen (secondary N) is 3. The predicted molar refractivity (Wildman–Crippen MR) is 268 cm³/mol. The molecule has 2 aliphatic rings. The Morgan fingerprint density at radius 3 is 2.25 bits per heavy atom. The summed E-state index contributed by atoms with van der Waals surface area (Å²) in [6, 6.07) is 8.85. The van der Waals surface area contributed by atoms with Crippen LogP contribution in [0.15, 0.2) is 99.5 Å². The summed E-state index contributed by atoms with van der Waals surface area (Å²) < 4.78 is 44.6. The van der Waals surface area contributed by atoms with Crippen molar-refractivity contribution in [2.45, 2.75) is 90.6 Å². The molecule has 72 heavy (non-hydrogen) atoms. The number of anilines is 1. The molecule has 0 saturated carbocycles. The van der Waals surface area contributed by atoms with Crippen LogP contribution in [0.25, 0.3) is 22.5 Å². The lowest BCUT2D eigenvalue weighted by atomic mass is 9.85. The van der Waals surface area contributed by atoms with E-state index in [1.54, 1.807) is 62.5 Å². The number of hydrogen-bond donors (Lipinski definition) is 5. The van der Waals surface area contributed by atoms with Crippen molar-refractivity contribution < 1.29 is 66.8 Å². The van der Waals surface area contributed by atoms with Gasteiger partial charge in [0.25, 0.3) is 5.91 Å². The molecule has 2 heterocycles. The second-order valence-corrected chi connectivity index (χ2v) is 17.6. The van der Waals surface area contributed by atoms with E-state index in [2.05, 4.69) is 21.1 Å². The van der Waals surface area contributed by atoms with Crippen LogP contribution < -0.4 is 40.6 Å². The van der Waals surface area contributed by atoms with Crippen LogP contribution in [0.2, 0.25) is 0 Å². The van der Waals surface area contributed by atoms with Gasteiger partial charge in [0.15, 0.2) is 23.4 Å². The van der Waals surface area contributed by atoms with E-state index >= 15 is 0 Å². The number of amides is 3. The summed E-state index contributed by atoms with van der Waals surface area (Å²) in [5.74, 6) is -0.481. The van der Waals surface area contributed by atoms with Gasteiger partial charge < -0.3 is 64.5 Å². The number of aliphatic hydroxyl groups excluding tert-OH is 1. The Balaban J connectivity index is 1.28. The number of unbranched alkanes of at least 4 members (excludes halogenated alkanes) is 2. The number of carbonyl (C=O) groups is 5. The number of ether oxygens (including phenoxy) is 7. The zero-order chi connectivity index (χ0) is 52.6. The first-order valence-corrected chi connectivity index (χ1v) is 23.5. The van der Waals surface area contributed by atoms with E-state index in [0.717, 1.165) is 6.08 Å². The third kappa shape index (κ3) is 14.0. The van der Waals surface area contributed by atoms with Crippen molar-refractivity contribution in [1.82, 2.24) is 15.8 Å². The molecular weight excluding hydrogens is 931 g/mol. The number of methoxy groups -OCH3 is 6. The summed E-state index contributed by atoms with van der Waals surface area (Å²) in [6.45, 7) is 7.25. The molecule has 3 aromatic rings. The van der Waals surface area contributed by atoms with Gasteiger partial charge in [0, 0.05) is 61.5 Å². The Labute approximate surface area is 419 Å². The number of benzene rings is 2. The van der Waals surface area contributed by atoms with Crippen molar-refractivity contribution in [2.24, 2.45) is 17.6 Å². The fourth-order valence-electron chi connectivity index (χ4n) is 8.63. The first kappa shape index (κ1) is 55.7. The Bertz CT molecular complexity index is 2590. The standard InChI is InChI=1S/C53H67N5O14/c1-29-21-35-46(39(59)27-38(48(35)62)58-52(63)30(2)15-14-16-41(66-6)49(71-53(54)64)32(4)23-31(3)47(61)42(22-29)67-7)55-20-13-11-12-17-45(60)57-37-24-33(18-19-40(37)65-5)36-28-56-72-50(36)34-25-43(68-8)51(70-10)44(26-34)69-9/h14-16,18-19,23-29,31,41-42,47,49,55,61H,11-13,17,20-22H2,1-10H3,(H2,54,64)(H,57,60)(H,58,63)/b16-14-,30-15+,32-23+/t29-,31+,41+,42+,47+,49+/m1/s1. The largest absolute Gasteiger partial charge is 0.495 e. The first-order chi connectivity index (χ1) is 34.5. The molecule has 0 saturated heterocycles. The van der Waals surface area contributed by atoms with E-state index in [9.17, 15) is 29.1 Å². The molecule has 2 aromatic carbocycles. The van der Waals surface area contributed by atoms with Crippen molar-refractivity contribution >= 4 is 35.2 Å². The van der Waals surface area contributed by atoms with E-state index in [1.807, 2.05) is 13.0 Å². The molecule has 5 rings (SSSR count). The molecule has 6 atom stereocenters. The highest BCUT2D eigenvalue weighted by atomic mass is 16.6. The van der Waals surface area contributed by atoms with Gasteiger partial charge in [-0.15, -0.1) is 0 Å². The molecule has 388 valence electrons. The minimum absolute atomic E-state index is 0.115. The highest BCUT2D eigenvalue weighted by Gasteiger charge is 2.34. The van der Waals surface area contributed by atoms with Gasteiger partial charge in [0.1, 0.15) is 11.9 Å². The Morgan fingerprint density at radius 1 is 0.903 bits per heavy atom. The number of primary amides is 1. The summed E-state index contributed by atoms with van der Waals surface area (Å²) in [5, 5.41) is 24.3. The molecule has 3 amide bonds. The highest BCUT2D eigenvalue weighted by molar-refractivity contribution is 6.23. The number of ketones is 2. The summed E-state index contributed by atoms with van der Waals surface area (Å²) in [4.78, 5) is 66.6. The molecule has 1 aliphatic heterocycles. The highest BCUT2D eigenvalue weighted by Crippen LogP contribution is 2.44. The van der Waals surface area contributed by atoms with E-state index in [-0.39, 0.29) is 47.2 Å². The van der Waals surface area contributed by atoms with Crippen LogP contribution in [-0.2, 0) is 33.4 Å². The lowest BCUT2D eigenvalue weighted by Crippen LogP contribution is -2.38. The topological polar surface area (TPSA) is 258 Å². The number of nitrogens with two attached hydrogens (primary N) is 1. The van der Waals surface area contributed by atoms with Crippen LogP contribution in [0.5, 0.6) is 23.0 Å². The number of allylic oxidation sites excluding steroid dienone is 4. The van der Waals surface area contributed by atoms with Crippen LogP contribution in [-0.4, -0.2) is 113 Å². The molecule has 6 N–H and O–H groups in total. The SMILES string of the molecule is COc1ccc(-c2cnoc2-c2cc(OC)c(OC)c(OC)c2)cc1NC(=O)CCCCCNC1=C2C[C@@H](C)C[C@H](OC)[C@@H](O)[C@@H](C)/C=C(\C)[C@H](OC(N)=O)[C@@H](OC)/C=C\C=C(/C)C(=O)NC(=CC1=O)C2=O. The van der Waals surface area contributed by atoms with Crippen LogP contribution >= 0.6 is 0 Å². The maximum absolute atomic E-state index is 14.2. The van der Waals surface area contributed by atoms with Crippen molar-refractivity contribution in [3.63, 3.8) is 0 Å². The average molecular weight is 998 g/mol. The Morgan fingerprint density at radius 2 is 1.61 bits per heavy atom. The van der Waals surface area contributed by atoms with Gasteiger partial charge in [-0.25, -0.2) is 4.79 Å². The van der Waals surface area contributed by atoms with Gasteiger partial charge in [-0.3, -0.25) is 19.2 Å². The van der Waals surface area contributed by atoms with Crippen LogP contribution in [0.1, 0.15) is 66.2 Å². The fraction of sp³-hybridized carbons (Fsp3) is 0.434. The van der Waals surface area contributed by atoms with Crippen LogP contribution in [0.4, 0.5) is 10.5 Å². The summed E-state index contributed by atoms with van der Waals surface area (Å²) in [5.41, 5.74) is 8.72. The smallest absolute Gasteiger partial charge is 0.405 e. The summed E-state index contributed by atoms with van der Waals surface area (Å²) in [7, 11) is 8.98. The maximum atomic E-state index is 14.2. The normalized spacial score (nSPS) is 23.1. The zero-order valence-corrected chi connectivity index (χ0v) is 42.5. The maximum Gasteiger partial charge on any atom is 0.405 e. The minimum atomic E-state index is -1.03. The first-order valence-electron chi connectivity index (χ1n) is 23.5. The van der Waals surface area contributed by atoms with E-state index in [1.165, 1.54) is 55.7 Å². The number of fused-ring (bicyclic) bond motifs is 2. The quantitative estimate of drug-likeness (QED) is 0.0523. The molecule has 19 nitrogen and oxygen atoms in total. The third-order valence-electron chi connectivity index (χ3n) is 12.5. The Kier molecular flexibility index (Phi) is 20.3. The van der Waals surface area contributed by atoms with Crippen LogP contribution in [0.3, 0.4) is 0 Å². The van der Waals surface area contributed by atoms with Gasteiger partial charge in [-0.05, 0) is 80.9 Å². The van der Waals surface area contributed by atoms with Gasteiger partial charge in [0.05, 0.1) is 63.9 Å². The lowest BCUT2D eigenvalue weighted by Gasteiger charge is -2.30. The third-order valence-corrected chi connectivity index (χ3v) is 12.5. The second-order valence-electron chi connectivity index (χ2n) is 17.6. The van der Waals surface area contributed by atoms with E-state index in [4.69, 9.17) is 43.4 Å². The fourth-order valence-corrected chi connectivity index (χ4v) is 8.63.